The van der Waals surface area contributed by atoms with Gasteiger partial charge in [-0.3, -0.25) is 0 Å². The molecule has 2 unspecified atom stereocenters. The molecule has 1 heterocycles. The number of thioether (sulfide) groups is 1. The van der Waals surface area contributed by atoms with Crippen molar-refractivity contribution in [2.24, 2.45) is 0 Å². The highest BCUT2D eigenvalue weighted by atomic mass is 32.2. The summed E-state index contributed by atoms with van der Waals surface area (Å²) in [6.45, 7) is 5.20. The maximum Gasteiger partial charge on any atom is 0.0761 e. The lowest BCUT2D eigenvalue weighted by molar-refractivity contribution is 0.199. The van der Waals surface area contributed by atoms with Gasteiger partial charge in [-0.1, -0.05) is 12.1 Å². The zero-order chi connectivity index (χ0) is 11.5. The van der Waals surface area contributed by atoms with E-state index in [4.69, 9.17) is 0 Å². The maximum absolute atomic E-state index is 9.46. The van der Waals surface area contributed by atoms with Crippen molar-refractivity contribution >= 4 is 17.4 Å². The SMILES string of the molecule is CC(O)c1ccc(N2CCSCC2C)cc1. The molecule has 0 radical (unpaired) electrons. The number of hydrogen-bond acceptors (Lipinski definition) is 3. The lowest BCUT2D eigenvalue weighted by Crippen LogP contribution is -2.40. The van der Waals surface area contributed by atoms with Crippen LogP contribution in [0.25, 0.3) is 0 Å². The van der Waals surface area contributed by atoms with Gasteiger partial charge in [0.15, 0.2) is 0 Å². The number of hydrogen-bond donors (Lipinski definition) is 1. The van der Waals surface area contributed by atoms with E-state index in [-0.39, 0.29) is 6.10 Å². The number of aliphatic hydroxyl groups is 1. The molecule has 2 rings (SSSR count). The molecule has 2 atom stereocenters. The van der Waals surface area contributed by atoms with Gasteiger partial charge in [0, 0.05) is 29.8 Å². The van der Waals surface area contributed by atoms with Crippen molar-refractivity contribution in [1.82, 2.24) is 0 Å². The van der Waals surface area contributed by atoms with Gasteiger partial charge in [0.25, 0.3) is 0 Å². The monoisotopic (exact) mass is 237 g/mol. The summed E-state index contributed by atoms with van der Waals surface area (Å²) < 4.78 is 0. The first-order valence-electron chi connectivity index (χ1n) is 5.81. The summed E-state index contributed by atoms with van der Waals surface area (Å²) in [7, 11) is 0. The van der Waals surface area contributed by atoms with Crippen molar-refractivity contribution in [3.63, 3.8) is 0 Å². The summed E-state index contributed by atoms with van der Waals surface area (Å²) in [4.78, 5) is 2.45. The smallest absolute Gasteiger partial charge is 0.0761 e. The summed E-state index contributed by atoms with van der Waals surface area (Å²) >= 11 is 2.03. The van der Waals surface area contributed by atoms with Crippen molar-refractivity contribution in [1.29, 1.82) is 0 Å². The molecule has 1 aromatic rings. The standard InChI is InChI=1S/C13H19NOS/c1-10-9-16-8-7-14(10)13-5-3-12(4-6-13)11(2)15/h3-6,10-11,15H,7-9H2,1-2H3. The van der Waals surface area contributed by atoms with Gasteiger partial charge in [0.2, 0.25) is 0 Å². The summed E-state index contributed by atoms with van der Waals surface area (Å²) in [6, 6.07) is 8.89. The minimum Gasteiger partial charge on any atom is -0.389 e. The van der Waals surface area contributed by atoms with E-state index >= 15 is 0 Å². The number of rotatable bonds is 2. The van der Waals surface area contributed by atoms with Crippen molar-refractivity contribution in [2.45, 2.75) is 26.0 Å². The summed E-state index contributed by atoms with van der Waals surface area (Å²) in [5, 5.41) is 9.46. The Kier molecular flexibility index (Phi) is 3.77. The third-order valence-electron chi connectivity index (χ3n) is 3.07. The van der Waals surface area contributed by atoms with E-state index in [1.807, 2.05) is 23.9 Å². The number of nitrogens with zero attached hydrogens (tertiary/aromatic N) is 1. The Morgan fingerprint density at radius 2 is 2.06 bits per heavy atom. The first kappa shape index (κ1) is 11.8. The normalized spacial score (nSPS) is 23.2. The molecule has 0 aliphatic carbocycles. The summed E-state index contributed by atoms with van der Waals surface area (Å²) in [5.74, 6) is 2.42. The quantitative estimate of drug-likeness (QED) is 0.855. The minimum absolute atomic E-state index is 0.372. The van der Waals surface area contributed by atoms with Crippen LogP contribution < -0.4 is 4.90 Å². The van der Waals surface area contributed by atoms with Crippen LogP contribution in [0.4, 0.5) is 5.69 Å². The van der Waals surface area contributed by atoms with Crippen molar-refractivity contribution in [2.75, 3.05) is 23.0 Å². The Hall–Kier alpha value is -0.670. The van der Waals surface area contributed by atoms with Crippen LogP contribution in [0.2, 0.25) is 0 Å². The first-order chi connectivity index (χ1) is 7.68. The van der Waals surface area contributed by atoms with Crippen LogP contribution in [-0.2, 0) is 0 Å². The molecule has 1 saturated heterocycles. The Labute approximate surface area is 102 Å². The van der Waals surface area contributed by atoms with Gasteiger partial charge in [-0.15, -0.1) is 0 Å². The molecular weight excluding hydrogens is 218 g/mol. The van der Waals surface area contributed by atoms with Gasteiger partial charge in [0.05, 0.1) is 6.10 Å². The van der Waals surface area contributed by atoms with Gasteiger partial charge in [0.1, 0.15) is 0 Å². The van der Waals surface area contributed by atoms with Gasteiger partial charge in [-0.05, 0) is 31.5 Å². The van der Waals surface area contributed by atoms with Crippen LogP contribution in [0.3, 0.4) is 0 Å². The molecule has 1 aliphatic rings. The third kappa shape index (κ3) is 2.53. The van der Waals surface area contributed by atoms with Crippen LogP contribution in [0.15, 0.2) is 24.3 Å². The molecular formula is C13H19NOS. The molecule has 0 saturated carbocycles. The van der Waals surface area contributed by atoms with Gasteiger partial charge >= 0.3 is 0 Å². The lowest BCUT2D eigenvalue weighted by atomic mass is 10.1. The molecule has 1 fully saturated rings. The van der Waals surface area contributed by atoms with E-state index in [0.29, 0.717) is 6.04 Å². The maximum atomic E-state index is 9.46. The highest BCUT2D eigenvalue weighted by molar-refractivity contribution is 7.99. The zero-order valence-electron chi connectivity index (χ0n) is 9.89. The van der Waals surface area contributed by atoms with Crippen molar-refractivity contribution < 1.29 is 5.11 Å². The second kappa shape index (κ2) is 5.11. The van der Waals surface area contributed by atoms with Gasteiger partial charge in [-0.25, -0.2) is 0 Å². The molecule has 0 spiro atoms. The number of aliphatic hydroxyl groups excluding tert-OH is 1. The van der Waals surface area contributed by atoms with Crippen LogP contribution in [-0.4, -0.2) is 29.2 Å². The second-order valence-electron chi connectivity index (χ2n) is 4.38. The average molecular weight is 237 g/mol. The predicted molar refractivity (Wildman–Crippen MR) is 71.2 cm³/mol. The van der Waals surface area contributed by atoms with Crippen molar-refractivity contribution in [3.05, 3.63) is 29.8 Å². The fourth-order valence-corrected chi connectivity index (χ4v) is 3.07. The fourth-order valence-electron chi connectivity index (χ4n) is 2.06. The molecule has 1 aliphatic heterocycles. The van der Waals surface area contributed by atoms with E-state index in [9.17, 15) is 5.11 Å². The van der Waals surface area contributed by atoms with Crippen molar-refractivity contribution in [3.8, 4) is 0 Å². The molecule has 0 bridgehead atoms. The molecule has 2 nitrogen and oxygen atoms in total. The highest BCUT2D eigenvalue weighted by Gasteiger charge is 2.18. The van der Waals surface area contributed by atoms with Gasteiger partial charge in [-0.2, -0.15) is 11.8 Å². The summed E-state index contributed by atoms with van der Waals surface area (Å²) in [5.41, 5.74) is 2.26. The van der Waals surface area contributed by atoms with Crippen LogP contribution in [0, 0.1) is 0 Å². The Morgan fingerprint density at radius 1 is 1.38 bits per heavy atom. The van der Waals surface area contributed by atoms with Crippen LogP contribution in [0.5, 0.6) is 0 Å². The Bertz CT molecular complexity index is 336. The largest absolute Gasteiger partial charge is 0.389 e. The van der Waals surface area contributed by atoms with E-state index in [1.54, 1.807) is 6.92 Å². The Balaban J connectivity index is 2.14. The average Bonchev–Trinajstić information content (AvgIpc) is 2.30. The van der Waals surface area contributed by atoms with Gasteiger partial charge < -0.3 is 10.0 Å². The number of benzene rings is 1. The molecule has 1 aromatic carbocycles. The zero-order valence-corrected chi connectivity index (χ0v) is 10.7. The predicted octanol–water partition coefficient (Wildman–Crippen LogP) is 2.68. The minimum atomic E-state index is -0.372. The molecule has 0 aromatic heterocycles. The summed E-state index contributed by atoms with van der Waals surface area (Å²) in [6.07, 6.45) is -0.372. The van der Waals surface area contributed by atoms with E-state index < -0.39 is 0 Å². The molecule has 1 N–H and O–H groups in total. The Morgan fingerprint density at radius 3 is 2.62 bits per heavy atom. The topological polar surface area (TPSA) is 23.5 Å². The first-order valence-corrected chi connectivity index (χ1v) is 6.96. The fraction of sp³-hybridized carbons (Fsp3) is 0.538. The number of anilines is 1. The van der Waals surface area contributed by atoms with E-state index in [2.05, 4.69) is 24.0 Å². The highest BCUT2D eigenvalue weighted by Crippen LogP contribution is 2.25. The van der Waals surface area contributed by atoms with Crippen LogP contribution in [0.1, 0.15) is 25.5 Å². The third-order valence-corrected chi connectivity index (χ3v) is 4.26. The molecule has 0 amide bonds. The van der Waals surface area contributed by atoms with E-state index in [0.717, 1.165) is 12.1 Å². The molecule has 16 heavy (non-hydrogen) atoms. The lowest BCUT2D eigenvalue weighted by Gasteiger charge is -2.35. The molecule has 3 heteroatoms. The van der Waals surface area contributed by atoms with Crippen LogP contribution >= 0.6 is 11.8 Å². The van der Waals surface area contributed by atoms with E-state index in [1.165, 1.54) is 17.2 Å². The second-order valence-corrected chi connectivity index (χ2v) is 5.53. The molecule has 88 valence electrons.